The molecule has 4 nitrogen and oxygen atoms in total. The number of likely N-dealkylation sites (tertiary alicyclic amines) is 1. The molecule has 140 valence electrons. The number of carbonyl (C=O) groups excluding carboxylic acids is 1. The Kier molecular flexibility index (Phi) is 5.32. The van der Waals surface area contributed by atoms with Crippen LogP contribution in [0.25, 0.3) is 22.0 Å². The lowest BCUT2D eigenvalue weighted by Crippen LogP contribution is -2.39. The van der Waals surface area contributed by atoms with Gasteiger partial charge in [-0.05, 0) is 43.0 Å². The number of rotatable bonds is 4. The molecule has 0 atom stereocenters. The third kappa shape index (κ3) is 4.09. The third-order valence-corrected chi connectivity index (χ3v) is 6.25. The summed E-state index contributed by atoms with van der Waals surface area (Å²) in [5, 5.41) is 3.68. The van der Waals surface area contributed by atoms with Crippen LogP contribution >= 0.6 is 22.9 Å². The third-order valence-electron chi connectivity index (χ3n) is 5.13. The van der Waals surface area contributed by atoms with E-state index >= 15 is 0 Å². The maximum absolute atomic E-state index is 12.7. The quantitative estimate of drug-likeness (QED) is 0.605. The van der Waals surface area contributed by atoms with E-state index in [-0.39, 0.29) is 5.91 Å². The van der Waals surface area contributed by atoms with Crippen LogP contribution in [0.4, 0.5) is 0 Å². The van der Waals surface area contributed by atoms with Gasteiger partial charge in [0.15, 0.2) is 0 Å². The highest BCUT2D eigenvalue weighted by molar-refractivity contribution is 7.13. The minimum Gasteiger partial charge on any atom is -0.341 e. The van der Waals surface area contributed by atoms with Crippen LogP contribution in [-0.2, 0) is 11.3 Å². The molecule has 4 rings (SSSR count). The minimum absolute atomic E-state index is 0.189. The van der Waals surface area contributed by atoms with Crippen molar-refractivity contribution in [3.63, 3.8) is 0 Å². The van der Waals surface area contributed by atoms with Gasteiger partial charge in [-0.2, -0.15) is 0 Å². The number of carbonyl (C=O) groups is 1. The topological polar surface area (TPSA) is 38.1 Å². The molecule has 1 aliphatic rings. The number of benzene rings is 1. The SMILES string of the molecule is CC1CCN(C(=O)Cn2cccc2-c2nc(-c3ccc(Cl)cc3)cs2)CC1. The van der Waals surface area contributed by atoms with E-state index in [4.69, 9.17) is 16.6 Å². The average Bonchev–Trinajstić information content (AvgIpc) is 3.32. The van der Waals surface area contributed by atoms with Gasteiger partial charge < -0.3 is 9.47 Å². The first-order valence-electron chi connectivity index (χ1n) is 9.25. The molecule has 27 heavy (non-hydrogen) atoms. The first-order valence-corrected chi connectivity index (χ1v) is 10.5. The van der Waals surface area contributed by atoms with E-state index in [1.165, 1.54) is 0 Å². The number of hydrogen-bond donors (Lipinski definition) is 0. The van der Waals surface area contributed by atoms with Crippen molar-refractivity contribution < 1.29 is 4.79 Å². The van der Waals surface area contributed by atoms with E-state index in [0.29, 0.717) is 11.6 Å². The highest BCUT2D eigenvalue weighted by Gasteiger charge is 2.21. The first kappa shape index (κ1) is 18.3. The second-order valence-electron chi connectivity index (χ2n) is 7.13. The van der Waals surface area contributed by atoms with Crippen molar-refractivity contribution in [2.24, 2.45) is 5.92 Å². The number of hydrogen-bond acceptors (Lipinski definition) is 3. The zero-order valence-corrected chi connectivity index (χ0v) is 16.8. The van der Waals surface area contributed by atoms with E-state index in [2.05, 4.69) is 6.92 Å². The lowest BCUT2D eigenvalue weighted by atomic mass is 9.99. The molecule has 1 aliphatic heterocycles. The van der Waals surface area contributed by atoms with Gasteiger partial charge in [0.1, 0.15) is 11.6 Å². The Labute approximate surface area is 168 Å². The molecule has 0 saturated carbocycles. The normalized spacial score (nSPS) is 15.3. The highest BCUT2D eigenvalue weighted by atomic mass is 35.5. The molecular weight excluding hydrogens is 378 g/mol. The molecule has 2 aromatic heterocycles. The van der Waals surface area contributed by atoms with Crippen LogP contribution in [0, 0.1) is 5.92 Å². The van der Waals surface area contributed by atoms with E-state index in [1.54, 1.807) is 11.3 Å². The number of aromatic nitrogens is 2. The fraction of sp³-hybridized carbons (Fsp3) is 0.333. The van der Waals surface area contributed by atoms with Crippen LogP contribution in [0.1, 0.15) is 19.8 Å². The van der Waals surface area contributed by atoms with Gasteiger partial charge in [0, 0.05) is 35.3 Å². The predicted octanol–water partition coefficient (Wildman–Crippen LogP) is 5.19. The number of amides is 1. The molecule has 1 saturated heterocycles. The summed E-state index contributed by atoms with van der Waals surface area (Å²) in [5.41, 5.74) is 2.95. The molecule has 1 fully saturated rings. The summed E-state index contributed by atoms with van der Waals surface area (Å²) in [5.74, 6) is 0.909. The predicted molar refractivity (Wildman–Crippen MR) is 111 cm³/mol. The summed E-state index contributed by atoms with van der Waals surface area (Å²) in [6.45, 7) is 4.36. The summed E-state index contributed by atoms with van der Waals surface area (Å²) < 4.78 is 2.00. The molecule has 0 aliphatic carbocycles. The molecular formula is C21H22ClN3OS. The van der Waals surface area contributed by atoms with Crippen LogP contribution in [0.15, 0.2) is 48.0 Å². The van der Waals surface area contributed by atoms with Gasteiger partial charge in [-0.15, -0.1) is 11.3 Å². The van der Waals surface area contributed by atoms with Gasteiger partial charge in [-0.3, -0.25) is 4.79 Å². The van der Waals surface area contributed by atoms with E-state index in [1.807, 2.05) is 57.4 Å². The Bertz CT molecular complexity index is 923. The van der Waals surface area contributed by atoms with Crippen molar-refractivity contribution in [3.05, 3.63) is 53.0 Å². The molecule has 3 aromatic rings. The fourth-order valence-corrected chi connectivity index (χ4v) is 4.39. The van der Waals surface area contributed by atoms with Crippen LogP contribution < -0.4 is 0 Å². The Hall–Kier alpha value is -2.11. The summed E-state index contributed by atoms with van der Waals surface area (Å²) in [4.78, 5) is 19.5. The summed E-state index contributed by atoms with van der Waals surface area (Å²) in [6.07, 6.45) is 4.16. The average molecular weight is 400 g/mol. The smallest absolute Gasteiger partial charge is 0.242 e. The van der Waals surface area contributed by atoms with E-state index in [9.17, 15) is 4.79 Å². The fourth-order valence-electron chi connectivity index (χ4n) is 3.39. The molecule has 1 aromatic carbocycles. The first-order chi connectivity index (χ1) is 13.1. The standard InChI is InChI=1S/C21H22ClN3OS/c1-15-8-11-24(12-9-15)20(26)13-25-10-2-3-19(25)21-23-18(14-27-21)16-4-6-17(22)7-5-16/h2-7,10,14-15H,8-9,11-13H2,1H3. The van der Waals surface area contributed by atoms with E-state index in [0.717, 1.165) is 53.8 Å². The number of halogens is 1. The van der Waals surface area contributed by atoms with Crippen molar-refractivity contribution in [2.75, 3.05) is 13.1 Å². The number of piperidine rings is 1. The molecule has 0 unspecified atom stereocenters. The van der Waals surface area contributed by atoms with Crippen molar-refractivity contribution in [1.29, 1.82) is 0 Å². The number of nitrogens with zero attached hydrogens (tertiary/aromatic N) is 3. The maximum atomic E-state index is 12.7. The number of thiazole rings is 1. The minimum atomic E-state index is 0.189. The van der Waals surface area contributed by atoms with Gasteiger partial charge in [0.05, 0.1) is 11.4 Å². The zero-order chi connectivity index (χ0) is 18.8. The van der Waals surface area contributed by atoms with Crippen molar-refractivity contribution in [1.82, 2.24) is 14.5 Å². The van der Waals surface area contributed by atoms with Crippen molar-refractivity contribution >= 4 is 28.8 Å². The summed E-state index contributed by atoms with van der Waals surface area (Å²) in [6, 6.07) is 11.7. The lowest BCUT2D eigenvalue weighted by Gasteiger charge is -2.30. The Balaban J connectivity index is 1.50. The molecule has 0 bridgehead atoms. The lowest BCUT2D eigenvalue weighted by molar-refractivity contribution is -0.133. The summed E-state index contributed by atoms with van der Waals surface area (Å²) in [7, 11) is 0. The monoisotopic (exact) mass is 399 g/mol. The summed E-state index contributed by atoms with van der Waals surface area (Å²) >= 11 is 7.56. The van der Waals surface area contributed by atoms with Crippen LogP contribution in [0.5, 0.6) is 0 Å². The Morgan fingerprint density at radius 2 is 1.96 bits per heavy atom. The van der Waals surface area contributed by atoms with Gasteiger partial charge in [-0.1, -0.05) is 30.7 Å². The molecule has 1 amide bonds. The van der Waals surface area contributed by atoms with Gasteiger partial charge in [-0.25, -0.2) is 4.98 Å². The van der Waals surface area contributed by atoms with Gasteiger partial charge >= 0.3 is 0 Å². The Morgan fingerprint density at radius 1 is 1.22 bits per heavy atom. The zero-order valence-electron chi connectivity index (χ0n) is 15.3. The van der Waals surface area contributed by atoms with Crippen molar-refractivity contribution in [2.45, 2.75) is 26.3 Å². The maximum Gasteiger partial charge on any atom is 0.242 e. The highest BCUT2D eigenvalue weighted by Crippen LogP contribution is 2.30. The molecule has 0 radical (unpaired) electrons. The van der Waals surface area contributed by atoms with Gasteiger partial charge in [0.25, 0.3) is 0 Å². The second kappa shape index (κ2) is 7.87. The molecule has 3 heterocycles. The second-order valence-corrected chi connectivity index (χ2v) is 8.42. The largest absolute Gasteiger partial charge is 0.341 e. The van der Waals surface area contributed by atoms with Crippen LogP contribution in [-0.4, -0.2) is 33.4 Å². The van der Waals surface area contributed by atoms with Crippen LogP contribution in [0.2, 0.25) is 5.02 Å². The molecule has 6 heteroatoms. The van der Waals surface area contributed by atoms with E-state index < -0.39 is 0 Å². The molecule has 0 spiro atoms. The molecule has 0 N–H and O–H groups in total. The van der Waals surface area contributed by atoms with Gasteiger partial charge in [0.2, 0.25) is 5.91 Å². The van der Waals surface area contributed by atoms with Crippen LogP contribution in [0.3, 0.4) is 0 Å². The van der Waals surface area contributed by atoms with Crippen molar-refractivity contribution in [3.8, 4) is 22.0 Å². The Morgan fingerprint density at radius 3 is 2.70 bits per heavy atom.